The number of nitrogens with zero attached hydrogens (tertiary/aromatic N) is 4. The van der Waals surface area contributed by atoms with E-state index in [9.17, 15) is 4.79 Å². The third kappa shape index (κ3) is 2.96. The fourth-order valence-corrected chi connectivity index (χ4v) is 4.89. The fraction of sp³-hybridized carbons (Fsp3) is 0.529. The number of rotatable bonds is 4. The summed E-state index contributed by atoms with van der Waals surface area (Å²) in [6.07, 6.45) is 3.25. The molecule has 1 aliphatic heterocycles. The standard InChI is InChI=1S/C17H22N4OS2/c1-12(2)3-4-19-5-7-20(8-6-19)16(22)14-11-13-15(24-14)18-17-21(13)9-10-23-17/h9-12H,3-8H2,1-2H3. The minimum atomic E-state index is 0.158. The van der Waals surface area contributed by atoms with Crippen LogP contribution in [0.25, 0.3) is 15.3 Å². The van der Waals surface area contributed by atoms with Crippen LogP contribution in [0.1, 0.15) is 29.9 Å². The van der Waals surface area contributed by atoms with Crippen LogP contribution < -0.4 is 0 Å². The maximum Gasteiger partial charge on any atom is 0.264 e. The molecule has 4 rings (SSSR count). The summed E-state index contributed by atoms with van der Waals surface area (Å²) in [6.45, 7) is 9.29. The van der Waals surface area contributed by atoms with Gasteiger partial charge in [-0.15, -0.1) is 22.7 Å². The van der Waals surface area contributed by atoms with Crippen LogP contribution in [0.5, 0.6) is 0 Å². The Bertz CT molecular complexity index is 854. The molecule has 0 aromatic carbocycles. The summed E-state index contributed by atoms with van der Waals surface area (Å²) in [5, 5.41) is 2.03. The molecule has 0 saturated carbocycles. The zero-order valence-electron chi connectivity index (χ0n) is 14.1. The molecule has 3 aromatic rings. The molecule has 0 N–H and O–H groups in total. The molecule has 0 atom stereocenters. The number of thiophene rings is 1. The largest absolute Gasteiger partial charge is 0.335 e. The lowest BCUT2D eigenvalue weighted by Gasteiger charge is -2.34. The molecule has 24 heavy (non-hydrogen) atoms. The van der Waals surface area contributed by atoms with Crippen molar-refractivity contribution in [2.75, 3.05) is 32.7 Å². The van der Waals surface area contributed by atoms with Gasteiger partial charge in [0.15, 0.2) is 4.96 Å². The summed E-state index contributed by atoms with van der Waals surface area (Å²) >= 11 is 3.14. The Hall–Kier alpha value is -1.44. The Balaban J connectivity index is 1.43. The van der Waals surface area contributed by atoms with E-state index in [4.69, 9.17) is 0 Å². The van der Waals surface area contributed by atoms with Gasteiger partial charge in [-0.3, -0.25) is 14.1 Å². The molecular formula is C17H22N4OS2. The third-order valence-corrected chi connectivity index (χ3v) is 6.40. The smallest absolute Gasteiger partial charge is 0.264 e. The van der Waals surface area contributed by atoms with E-state index in [1.54, 1.807) is 11.3 Å². The first-order valence-corrected chi connectivity index (χ1v) is 10.2. The third-order valence-electron chi connectivity index (χ3n) is 4.63. The number of carbonyl (C=O) groups excluding carboxylic acids is 1. The topological polar surface area (TPSA) is 40.8 Å². The first-order chi connectivity index (χ1) is 11.6. The van der Waals surface area contributed by atoms with Gasteiger partial charge in [0, 0.05) is 37.8 Å². The van der Waals surface area contributed by atoms with Gasteiger partial charge < -0.3 is 4.90 Å². The Morgan fingerprint density at radius 3 is 2.83 bits per heavy atom. The van der Waals surface area contributed by atoms with Crippen molar-refractivity contribution in [1.29, 1.82) is 0 Å². The summed E-state index contributed by atoms with van der Waals surface area (Å²) in [6, 6.07) is 2.00. The van der Waals surface area contributed by atoms with E-state index >= 15 is 0 Å². The van der Waals surface area contributed by atoms with Crippen LogP contribution in [-0.2, 0) is 0 Å². The van der Waals surface area contributed by atoms with Gasteiger partial charge in [-0.1, -0.05) is 13.8 Å². The van der Waals surface area contributed by atoms with Gasteiger partial charge in [0.2, 0.25) is 0 Å². The summed E-state index contributed by atoms with van der Waals surface area (Å²) in [4.78, 5) is 24.6. The quantitative estimate of drug-likeness (QED) is 0.714. The highest BCUT2D eigenvalue weighted by Gasteiger charge is 2.24. The van der Waals surface area contributed by atoms with Crippen molar-refractivity contribution in [2.45, 2.75) is 20.3 Å². The van der Waals surface area contributed by atoms with Crippen molar-refractivity contribution in [2.24, 2.45) is 5.92 Å². The van der Waals surface area contributed by atoms with E-state index in [1.807, 2.05) is 22.5 Å². The molecule has 3 aromatic heterocycles. The van der Waals surface area contributed by atoms with Gasteiger partial charge >= 0.3 is 0 Å². The fourth-order valence-electron chi connectivity index (χ4n) is 3.12. The van der Waals surface area contributed by atoms with Crippen molar-refractivity contribution in [3.63, 3.8) is 0 Å². The van der Waals surface area contributed by atoms with Crippen LogP contribution in [0, 0.1) is 5.92 Å². The number of hydrogen-bond acceptors (Lipinski definition) is 5. The molecule has 1 aliphatic rings. The summed E-state index contributed by atoms with van der Waals surface area (Å²) < 4.78 is 2.07. The normalized spacial score (nSPS) is 16.7. The van der Waals surface area contributed by atoms with Crippen molar-refractivity contribution in [1.82, 2.24) is 19.2 Å². The number of imidazole rings is 1. The van der Waals surface area contributed by atoms with Crippen molar-refractivity contribution in [3.05, 3.63) is 22.5 Å². The molecule has 1 saturated heterocycles. The lowest BCUT2D eigenvalue weighted by atomic mass is 10.1. The van der Waals surface area contributed by atoms with Gasteiger partial charge in [-0.05, 0) is 24.9 Å². The average molecular weight is 363 g/mol. The highest BCUT2D eigenvalue weighted by atomic mass is 32.1. The number of fused-ring (bicyclic) bond motifs is 3. The summed E-state index contributed by atoms with van der Waals surface area (Å²) in [5.41, 5.74) is 1.05. The Kier molecular flexibility index (Phi) is 4.32. The maximum atomic E-state index is 12.8. The molecule has 1 fully saturated rings. The Morgan fingerprint density at radius 2 is 2.08 bits per heavy atom. The van der Waals surface area contributed by atoms with E-state index in [0.29, 0.717) is 0 Å². The average Bonchev–Trinajstić information content (AvgIpc) is 3.24. The van der Waals surface area contributed by atoms with Crippen LogP contribution in [0.2, 0.25) is 0 Å². The molecule has 0 spiro atoms. The molecule has 4 heterocycles. The zero-order chi connectivity index (χ0) is 16.7. The Labute approximate surface area is 149 Å². The monoisotopic (exact) mass is 362 g/mol. The predicted molar refractivity (Wildman–Crippen MR) is 100 cm³/mol. The first-order valence-electron chi connectivity index (χ1n) is 8.48. The van der Waals surface area contributed by atoms with Gasteiger partial charge in [0.25, 0.3) is 5.91 Å². The highest BCUT2D eigenvalue weighted by Crippen LogP contribution is 2.29. The molecule has 5 nitrogen and oxygen atoms in total. The second-order valence-electron chi connectivity index (χ2n) is 6.78. The van der Waals surface area contributed by atoms with E-state index in [-0.39, 0.29) is 5.91 Å². The number of hydrogen-bond donors (Lipinski definition) is 0. The van der Waals surface area contributed by atoms with Crippen molar-refractivity contribution < 1.29 is 4.79 Å². The summed E-state index contributed by atoms with van der Waals surface area (Å²) in [7, 11) is 0. The minimum absolute atomic E-state index is 0.158. The van der Waals surface area contributed by atoms with E-state index in [1.165, 1.54) is 17.8 Å². The number of amides is 1. The van der Waals surface area contributed by atoms with Crippen LogP contribution in [-0.4, -0.2) is 57.8 Å². The molecule has 7 heteroatoms. The zero-order valence-corrected chi connectivity index (χ0v) is 15.7. The molecule has 0 radical (unpaired) electrons. The Morgan fingerprint density at radius 1 is 1.29 bits per heavy atom. The van der Waals surface area contributed by atoms with E-state index in [2.05, 4.69) is 28.1 Å². The van der Waals surface area contributed by atoms with Crippen molar-refractivity contribution in [3.8, 4) is 0 Å². The van der Waals surface area contributed by atoms with Crippen LogP contribution >= 0.6 is 22.7 Å². The number of carbonyl (C=O) groups is 1. The summed E-state index contributed by atoms with van der Waals surface area (Å²) in [5.74, 6) is 0.895. The second kappa shape index (κ2) is 6.46. The predicted octanol–water partition coefficient (Wildman–Crippen LogP) is 3.41. The molecule has 128 valence electrons. The first kappa shape index (κ1) is 16.1. The molecule has 0 bridgehead atoms. The molecule has 0 unspecified atom stereocenters. The van der Waals surface area contributed by atoms with E-state index in [0.717, 1.165) is 58.8 Å². The van der Waals surface area contributed by atoms with Crippen LogP contribution in [0.4, 0.5) is 0 Å². The second-order valence-corrected chi connectivity index (χ2v) is 8.69. The van der Waals surface area contributed by atoms with Gasteiger partial charge in [-0.25, -0.2) is 4.98 Å². The molecule has 1 amide bonds. The van der Waals surface area contributed by atoms with Gasteiger partial charge in [-0.2, -0.15) is 0 Å². The SMILES string of the molecule is CC(C)CCN1CCN(C(=O)c2cc3c(nc4sccn43)s2)CC1. The number of thiazole rings is 1. The number of aromatic nitrogens is 2. The number of piperazine rings is 1. The van der Waals surface area contributed by atoms with E-state index < -0.39 is 0 Å². The minimum Gasteiger partial charge on any atom is -0.335 e. The lowest BCUT2D eigenvalue weighted by Crippen LogP contribution is -2.48. The highest BCUT2D eigenvalue weighted by molar-refractivity contribution is 7.21. The van der Waals surface area contributed by atoms with Gasteiger partial charge in [0.05, 0.1) is 10.4 Å². The van der Waals surface area contributed by atoms with Gasteiger partial charge in [0.1, 0.15) is 4.83 Å². The van der Waals surface area contributed by atoms with Crippen LogP contribution in [0.3, 0.4) is 0 Å². The lowest BCUT2D eigenvalue weighted by molar-refractivity contribution is 0.0636. The maximum absolute atomic E-state index is 12.8. The molecule has 0 aliphatic carbocycles. The molecular weight excluding hydrogens is 340 g/mol. The van der Waals surface area contributed by atoms with Crippen LogP contribution in [0.15, 0.2) is 17.6 Å². The van der Waals surface area contributed by atoms with Crippen molar-refractivity contribution >= 4 is 43.9 Å².